The lowest BCUT2D eigenvalue weighted by Crippen LogP contribution is -2.37. The maximum atomic E-state index is 4.59. The molecule has 2 aliphatic heterocycles. The second kappa shape index (κ2) is 4.64. The Kier molecular flexibility index (Phi) is 2.89. The zero-order valence-electron chi connectivity index (χ0n) is 11.8. The largest absolute Gasteiger partial charge is 0.302 e. The molecule has 2 saturated heterocycles. The number of hydrogen-bond acceptors (Lipinski definition) is 4. The summed E-state index contributed by atoms with van der Waals surface area (Å²) < 4.78 is 0. The number of hydrogen-bond donors (Lipinski definition) is 0. The minimum absolute atomic E-state index is 0.287. The molecule has 2 aromatic heterocycles. The highest BCUT2D eigenvalue weighted by Gasteiger charge is 2.43. The highest BCUT2D eigenvalue weighted by molar-refractivity contribution is 7.15. The summed E-state index contributed by atoms with van der Waals surface area (Å²) in [5.74, 6) is 0. The minimum Gasteiger partial charge on any atom is -0.302 e. The summed E-state index contributed by atoms with van der Waals surface area (Å²) in [7, 11) is 0. The molecule has 2 bridgehead atoms. The van der Waals surface area contributed by atoms with Crippen molar-refractivity contribution in [2.75, 3.05) is 19.6 Å². The van der Waals surface area contributed by atoms with Crippen molar-refractivity contribution in [1.82, 2.24) is 15.1 Å². The molecule has 0 saturated carbocycles. The lowest BCUT2D eigenvalue weighted by molar-refractivity contribution is 0.239. The normalized spacial score (nSPS) is 28.8. The Bertz CT molecular complexity index is 615. The molecule has 3 nitrogen and oxygen atoms in total. The summed E-state index contributed by atoms with van der Waals surface area (Å²) in [6.07, 6.45) is 3.82. The van der Waals surface area contributed by atoms with Gasteiger partial charge in [0, 0.05) is 16.8 Å². The maximum absolute atomic E-state index is 4.59. The van der Waals surface area contributed by atoms with Crippen LogP contribution in [0.4, 0.5) is 0 Å². The van der Waals surface area contributed by atoms with Crippen LogP contribution in [0, 0.1) is 6.92 Å². The number of aromatic nitrogens is 2. The van der Waals surface area contributed by atoms with Crippen LogP contribution in [-0.4, -0.2) is 34.7 Å². The molecule has 2 atom stereocenters. The highest BCUT2D eigenvalue weighted by atomic mass is 32.1. The maximum Gasteiger partial charge on any atom is 0.103 e. The lowest BCUT2D eigenvalue weighted by atomic mass is 9.78. The van der Waals surface area contributed by atoms with E-state index in [1.54, 1.807) is 11.3 Å². The Hall–Kier alpha value is -1.26. The number of aryl methyl sites for hydroxylation is 1. The molecule has 0 aromatic carbocycles. The first-order valence-corrected chi connectivity index (χ1v) is 8.20. The van der Waals surface area contributed by atoms with Crippen LogP contribution in [0.2, 0.25) is 0 Å². The number of thiophene rings is 1. The van der Waals surface area contributed by atoms with Crippen LogP contribution >= 0.6 is 11.3 Å². The molecule has 0 radical (unpaired) electrons. The summed E-state index contributed by atoms with van der Waals surface area (Å²) in [5.41, 5.74) is 2.50. The van der Waals surface area contributed by atoms with Crippen molar-refractivity contribution in [2.45, 2.75) is 31.6 Å². The van der Waals surface area contributed by atoms with Crippen molar-refractivity contribution in [3.63, 3.8) is 0 Å². The fourth-order valence-electron chi connectivity index (χ4n) is 3.65. The number of piperidine rings is 1. The summed E-state index contributed by atoms with van der Waals surface area (Å²) in [4.78, 5) is 5.11. The number of nitrogens with zero attached hydrogens (tertiary/aromatic N) is 3. The Morgan fingerprint density at radius 1 is 1.10 bits per heavy atom. The van der Waals surface area contributed by atoms with Gasteiger partial charge < -0.3 is 4.90 Å². The topological polar surface area (TPSA) is 29.0 Å². The second-order valence-corrected chi connectivity index (χ2v) is 7.41. The SMILES string of the molecule is Cc1ccc(-c2ccc(C34CCCN(CC3)C4)nn2)s1. The van der Waals surface area contributed by atoms with E-state index in [4.69, 9.17) is 0 Å². The van der Waals surface area contributed by atoms with Gasteiger partial charge in [0.25, 0.3) is 0 Å². The minimum atomic E-state index is 0.287. The molecule has 0 amide bonds. The molecule has 4 heteroatoms. The Labute approximate surface area is 123 Å². The van der Waals surface area contributed by atoms with Gasteiger partial charge in [-0.25, -0.2) is 0 Å². The first-order valence-electron chi connectivity index (χ1n) is 7.39. The van der Waals surface area contributed by atoms with E-state index in [1.165, 1.54) is 54.3 Å². The molecule has 0 N–H and O–H groups in total. The van der Waals surface area contributed by atoms with Crippen LogP contribution in [0.15, 0.2) is 24.3 Å². The molecule has 0 spiro atoms. The van der Waals surface area contributed by atoms with E-state index in [-0.39, 0.29) is 5.41 Å². The van der Waals surface area contributed by atoms with Gasteiger partial charge in [0.05, 0.1) is 10.6 Å². The van der Waals surface area contributed by atoms with E-state index in [1.807, 2.05) is 0 Å². The Morgan fingerprint density at radius 2 is 2.05 bits per heavy atom. The van der Waals surface area contributed by atoms with Crippen molar-refractivity contribution in [1.29, 1.82) is 0 Å². The highest BCUT2D eigenvalue weighted by Crippen LogP contribution is 2.41. The molecule has 104 valence electrons. The fraction of sp³-hybridized carbons (Fsp3) is 0.500. The third-order valence-corrected chi connectivity index (χ3v) is 5.79. The molecular weight excluding hydrogens is 266 g/mol. The van der Waals surface area contributed by atoms with Crippen LogP contribution in [0.1, 0.15) is 29.8 Å². The van der Waals surface area contributed by atoms with E-state index < -0.39 is 0 Å². The number of fused-ring (bicyclic) bond motifs is 2. The molecular formula is C16H19N3S. The predicted octanol–water partition coefficient (Wildman–Crippen LogP) is 3.25. The zero-order valence-corrected chi connectivity index (χ0v) is 12.6. The molecule has 2 aromatic rings. The van der Waals surface area contributed by atoms with Crippen molar-refractivity contribution in [3.8, 4) is 10.6 Å². The average Bonchev–Trinajstić information content (AvgIpc) is 3.04. The van der Waals surface area contributed by atoms with Gasteiger partial charge in [0.15, 0.2) is 0 Å². The third kappa shape index (κ3) is 1.98. The summed E-state index contributed by atoms with van der Waals surface area (Å²) in [5, 5.41) is 9.08. The fourth-order valence-corrected chi connectivity index (χ4v) is 4.48. The third-order valence-electron chi connectivity index (χ3n) is 4.76. The van der Waals surface area contributed by atoms with Crippen molar-refractivity contribution in [2.24, 2.45) is 0 Å². The summed E-state index contributed by atoms with van der Waals surface area (Å²) in [6, 6.07) is 8.65. The van der Waals surface area contributed by atoms with Gasteiger partial charge in [0.2, 0.25) is 0 Å². The zero-order chi connectivity index (χ0) is 13.6. The summed E-state index contributed by atoms with van der Waals surface area (Å²) in [6.45, 7) is 5.80. The average molecular weight is 285 g/mol. The first kappa shape index (κ1) is 12.5. The van der Waals surface area contributed by atoms with E-state index >= 15 is 0 Å². The van der Waals surface area contributed by atoms with Crippen molar-refractivity contribution >= 4 is 11.3 Å². The van der Waals surface area contributed by atoms with E-state index in [2.05, 4.69) is 46.3 Å². The van der Waals surface area contributed by atoms with E-state index in [0.717, 1.165) is 5.69 Å². The number of rotatable bonds is 2. The summed E-state index contributed by atoms with van der Waals surface area (Å²) >= 11 is 1.78. The van der Waals surface area contributed by atoms with Crippen molar-refractivity contribution < 1.29 is 0 Å². The van der Waals surface area contributed by atoms with Crippen LogP contribution in [0.25, 0.3) is 10.6 Å². The second-order valence-electron chi connectivity index (χ2n) is 6.12. The van der Waals surface area contributed by atoms with Gasteiger partial charge in [-0.3, -0.25) is 0 Å². The van der Waals surface area contributed by atoms with E-state index in [0.29, 0.717) is 0 Å². The molecule has 20 heavy (non-hydrogen) atoms. The van der Waals surface area contributed by atoms with Gasteiger partial charge in [-0.2, -0.15) is 5.10 Å². The van der Waals surface area contributed by atoms with Crippen LogP contribution in [0.3, 0.4) is 0 Å². The standard InChI is InChI=1S/C16H19N3S/c1-12-3-5-14(20-12)13-4-6-15(18-17-13)16-7-2-9-19(11-16)10-8-16/h3-6H,2,7-11H2,1H3. The molecule has 4 heterocycles. The monoisotopic (exact) mass is 285 g/mol. The smallest absolute Gasteiger partial charge is 0.103 e. The van der Waals surface area contributed by atoms with Crippen LogP contribution in [-0.2, 0) is 5.41 Å². The van der Waals surface area contributed by atoms with Gasteiger partial charge in [-0.05, 0) is 63.5 Å². The molecule has 0 aliphatic carbocycles. The Morgan fingerprint density at radius 3 is 2.80 bits per heavy atom. The quantitative estimate of drug-likeness (QED) is 0.848. The molecule has 4 rings (SSSR count). The Balaban J connectivity index is 1.64. The first-order chi connectivity index (χ1) is 9.75. The predicted molar refractivity (Wildman–Crippen MR) is 82.1 cm³/mol. The lowest BCUT2D eigenvalue weighted by Gasteiger charge is -2.33. The van der Waals surface area contributed by atoms with Gasteiger partial charge in [-0.15, -0.1) is 16.4 Å². The molecule has 2 fully saturated rings. The van der Waals surface area contributed by atoms with Crippen LogP contribution < -0.4 is 0 Å². The van der Waals surface area contributed by atoms with Gasteiger partial charge in [-0.1, -0.05) is 0 Å². The van der Waals surface area contributed by atoms with E-state index in [9.17, 15) is 0 Å². The van der Waals surface area contributed by atoms with Crippen molar-refractivity contribution in [3.05, 3.63) is 34.8 Å². The van der Waals surface area contributed by atoms with Gasteiger partial charge >= 0.3 is 0 Å². The molecule has 2 aliphatic rings. The van der Waals surface area contributed by atoms with Gasteiger partial charge in [0.1, 0.15) is 5.69 Å². The molecule has 2 unspecified atom stereocenters. The van der Waals surface area contributed by atoms with Crippen LogP contribution in [0.5, 0.6) is 0 Å².